The van der Waals surface area contributed by atoms with Crippen molar-refractivity contribution in [2.75, 3.05) is 0 Å². The summed E-state index contributed by atoms with van der Waals surface area (Å²) in [6, 6.07) is 0.517. The first kappa shape index (κ1) is 10.5. The van der Waals surface area contributed by atoms with Crippen molar-refractivity contribution < 1.29 is 0 Å². The Morgan fingerprint density at radius 1 is 1.07 bits per heavy atom. The van der Waals surface area contributed by atoms with Gasteiger partial charge in [0.15, 0.2) is 0 Å². The predicted octanol–water partition coefficient (Wildman–Crippen LogP) is 3.33. The molecule has 2 rings (SSSR count). The van der Waals surface area contributed by atoms with Crippen LogP contribution in [0.15, 0.2) is 0 Å². The maximum absolute atomic E-state index is 6.11. The summed E-state index contributed by atoms with van der Waals surface area (Å²) in [6.07, 6.45) is 11.3. The van der Waals surface area contributed by atoms with Gasteiger partial charge in [0.25, 0.3) is 0 Å². The Bertz CT molecular complexity index is 170. The van der Waals surface area contributed by atoms with Crippen LogP contribution < -0.4 is 5.73 Å². The maximum Gasteiger partial charge on any atom is 0.00417 e. The van der Waals surface area contributed by atoms with Crippen LogP contribution in [0.5, 0.6) is 0 Å². The summed E-state index contributed by atoms with van der Waals surface area (Å²) < 4.78 is 0. The van der Waals surface area contributed by atoms with Crippen LogP contribution >= 0.6 is 0 Å². The van der Waals surface area contributed by atoms with E-state index in [1.54, 1.807) is 0 Å². The second-order valence-electron chi connectivity index (χ2n) is 5.45. The van der Waals surface area contributed by atoms with E-state index in [2.05, 4.69) is 6.92 Å². The van der Waals surface area contributed by atoms with Crippen molar-refractivity contribution in [3.8, 4) is 0 Å². The van der Waals surface area contributed by atoms with E-state index in [0.717, 1.165) is 17.8 Å². The normalized spacial score (nSPS) is 40.3. The summed E-state index contributed by atoms with van der Waals surface area (Å²) in [5.74, 6) is 3.01. The van der Waals surface area contributed by atoms with Gasteiger partial charge in [-0.05, 0) is 37.0 Å². The molecular weight excluding hydrogens is 170 g/mol. The number of hydrogen-bond acceptors (Lipinski definition) is 1. The summed E-state index contributed by atoms with van der Waals surface area (Å²) in [7, 11) is 0. The molecule has 0 heterocycles. The summed E-state index contributed by atoms with van der Waals surface area (Å²) >= 11 is 0. The van der Waals surface area contributed by atoms with Crippen LogP contribution in [-0.2, 0) is 0 Å². The van der Waals surface area contributed by atoms with Gasteiger partial charge in [-0.3, -0.25) is 0 Å². The molecule has 0 aromatic carbocycles. The monoisotopic (exact) mass is 195 g/mol. The lowest BCUT2D eigenvalue weighted by Crippen LogP contribution is -2.36. The molecule has 2 saturated carbocycles. The van der Waals surface area contributed by atoms with Gasteiger partial charge in [-0.2, -0.15) is 0 Å². The lowest BCUT2D eigenvalue weighted by atomic mass is 9.69. The van der Waals surface area contributed by atoms with Crippen LogP contribution in [0.1, 0.15) is 58.3 Å². The average molecular weight is 195 g/mol. The van der Waals surface area contributed by atoms with Crippen molar-refractivity contribution in [1.82, 2.24) is 0 Å². The molecular formula is C13H25N. The smallest absolute Gasteiger partial charge is 0.00417 e. The van der Waals surface area contributed by atoms with Gasteiger partial charge in [0.2, 0.25) is 0 Å². The minimum Gasteiger partial charge on any atom is -0.328 e. The zero-order valence-corrected chi connectivity index (χ0v) is 9.54. The van der Waals surface area contributed by atoms with Crippen molar-refractivity contribution >= 4 is 0 Å². The predicted molar refractivity (Wildman–Crippen MR) is 61.1 cm³/mol. The molecule has 1 heteroatoms. The molecule has 1 nitrogen and oxygen atoms in total. The van der Waals surface area contributed by atoms with E-state index >= 15 is 0 Å². The van der Waals surface area contributed by atoms with Crippen molar-refractivity contribution in [3.05, 3.63) is 0 Å². The van der Waals surface area contributed by atoms with E-state index in [-0.39, 0.29) is 0 Å². The number of nitrogens with two attached hydrogens (primary N) is 1. The Kier molecular flexibility index (Phi) is 3.48. The Labute approximate surface area is 88.4 Å². The summed E-state index contributed by atoms with van der Waals surface area (Å²) in [5, 5.41) is 0. The molecule has 14 heavy (non-hydrogen) atoms. The fraction of sp³-hybridized carbons (Fsp3) is 1.00. The van der Waals surface area contributed by atoms with Gasteiger partial charge in [-0.25, -0.2) is 0 Å². The molecule has 0 bridgehead atoms. The van der Waals surface area contributed by atoms with Crippen molar-refractivity contribution in [2.24, 2.45) is 23.5 Å². The molecule has 2 fully saturated rings. The lowest BCUT2D eigenvalue weighted by molar-refractivity contribution is 0.144. The van der Waals surface area contributed by atoms with Gasteiger partial charge in [0.1, 0.15) is 0 Å². The van der Waals surface area contributed by atoms with Gasteiger partial charge in [0, 0.05) is 6.04 Å². The fourth-order valence-corrected chi connectivity index (χ4v) is 3.77. The summed E-state index contributed by atoms with van der Waals surface area (Å²) in [5.41, 5.74) is 6.11. The summed E-state index contributed by atoms with van der Waals surface area (Å²) in [4.78, 5) is 0. The Hall–Kier alpha value is -0.0400. The van der Waals surface area contributed by atoms with E-state index < -0.39 is 0 Å². The zero-order chi connectivity index (χ0) is 9.97. The van der Waals surface area contributed by atoms with E-state index in [4.69, 9.17) is 5.73 Å². The standard InChI is InChI=1S/C13H25N/c1-2-10-7-8-12(14)9-13(10)11-5-3-4-6-11/h10-13H,2-9,14H2,1H3. The molecule has 0 spiro atoms. The van der Waals surface area contributed by atoms with E-state index in [1.807, 2.05) is 0 Å². The van der Waals surface area contributed by atoms with E-state index in [1.165, 1.54) is 51.4 Å². The minimum atomic E-state index is 0.517. The van der Waals surface area contributed by atoms with Crippen LogP contribution in [-0.4, -0.2) is 6.04 Å². The Morgan fingerprint density at radius 2 is 1.79 bits per heavy atom. The molecule has 2 N–H and O–H groups in total. The fourth-order valence-electron chi connectivity index (χ4n) is 3.77. The lowest BCUT2D eigenvalue weighted by Gasteiger charge is -2.38. The largest absolute Gasteiger partial charge is 0.328 e. The van der Waals surface area contributed by atoms with Crippen LogP contribution in [0.25, 0.3) is 0 Å². The highest BCUT2D eigenvalue weighted by Crippen LogP contribution is 2.43. The molecule has 0 radical (unpaired) electrons. The average Bonchev–Trinajstić information content (AvgIpc) is 2.70. The molecule has 0 aromatic rings. The summed E-state index contributed by atoms with van der Waals surface area (Å²) in [6.45, 7) is 2.36. The SMILES string of the molecule is CCC1CCC(N)CC1C1CCCC1. The minimum absolute atomic E-state index is 0.517. The van der Waals surface area contributed by atoms with Crippen LogP contribution in [0.2, 0.25) is 0 Å². The second kappa shape index (κ2) is 4.65. The van der Waals surface area contributed by atoms with Crippen LogP contribution in [0, 0.1) is 17.8 Å². The zero-order valence-electron chi connectivity index (χ0n) is 9.54. The van der Waals surface area contributed by atoms with Gasteiger partial charge in [-0.15, -0.1) is 0 Å². The molecule has 3 unspecified atom stereocenters. The molecule has 82 valence electrons. The molecule has 0 saturated heterocycles. The first-order valence-electron chi connectivity index (χ1n) is 6.56. The molecule has 0 aromatic heterocycles. The highest BCUT2D eigenvalue weighted by atomic mass is 14.6. The highest BCUT2D eigenvalue weighted by molar-refractivity contribution is 4.87. The van der Waals surface area contributed by atoms with Crippen molar-refractivity contribution in [1.29, 1.82) is 0 Å². The third kappa shape index (κ3) is 2.13. The second-order valence-corrected chi connectivity index (χ2v) is 5.45. The maximum atomic E-state index is 6.11. The van der Waals surface area contributed by atoms with Crippen molar-refractivity contribution in [3.63, 3.8) is 0 Å². The molecule has 2 aliphatic rings. The third-order valence-electron chi connectivity index (χ3n) is 4.62. The van der Waals surface area contributed by atoms with Crippen LogP contribution in [0.3, 0.4) is 0 Å². The number of rotatable bonds is 2. The van der Waals surface area contributed by atoms with Crippen molar-refractivity contribution in [2.45, 2.75) is 64.3 Å². The molecule has 2 aliphatic carbocycles. The van der Waals surface area contributed by atoms with Gasteiger partial charge < -0.3 is 5.73 Å². The van der Waals surface area contributed by atoms with Crippen LogP contribution in [0.4, 0.5) is 0 Å². The Morgan fingerprint density at radius 3 is 2.43 bits per heavy atom. The van der Waals surface area contributed by atoms with Gasteiger partial charge in [0.05, 0.1) is 0 Å². The molecule has 3 atom stereocenters. The first-order valence-corrected chi connectivity index (χ1v) is 6.56. The van der Waals surface area contributed by atoms with Gasteiger partial charge >= 0.3 is 0 Å². The highest BCUT2D eigenvalue weighted by Gasteiger charge is 2.34. The van der Waals surface area contributed by atoms with E-state index in [9.17, 15) is 0 Å². The molecule has 0 amide bonds. The Balaban J connectivity index is 1.96. The van der Waals surface area contributed by atoms with E-state index in [0.29, 0.717) is 6.04 Å². The first-order chi connectivity index (χ1) is 6.81. The van der Waals surface area contributed by atoms with Gasteiger partial charge in [-0.1, -0.05) is 39.0 Å². The number of hydrogen-bond donors (Lipinski definition) is 1. The third-order valence-corrected chi connectivity index (χ3v) is 4.62. The quantitative estimate of drug-likeness (QED) is 0.718. The molecule has 0 aliphatic heterocycles. The topological polar surface area (TPSA) is 26.0 Å².